The van der Waals surface area contributed by atoms with Gasteiger partial charge in [0.2, 0.25) is 5.91 Å². The summed E-state index contributed by atoms with van der Waals surface area (Å²) in [5, 5.41) is 23.7. The molecule has 0 unspecified atom stereocenters. The Morgan fingerprint density at radius 3 is 1.94 bits per heavy atom. The maximum Gasteiger partial charge on any atom is 0.294 e. The van der Waals surface area contributed by atoms with Crippen LogP contribution in [-0.4, -0.2) is 42.1 Å². The molecular weight excluding hydrogens is 486 g/mol. The zero-order chi connectivity index (χ0) is 25.3. The molecule has 0 spiro atoms. The van der Waals surface area contributed by atoms with E-state index in [9.17, 15) is 31.8 Å². The maximum absolute atomic E-state index is 11.0. The average Bonchev–Trinajstić information content (AvgIpc) is 2.73. The second-order valence-corrected chi connectivity index (χ2v) is 10.0. The average molecular weight is 506 g/mol. The van der Waals surface area contributed by atoms with Crippen LogP contribution in [0.2, 0.25) is 0 Å². The van der Waals surface area contributed by atoms with E-state index in [-0.39, 0.29) is 27.2 Å². The largest absolute Gasteiger partial charge is 0.507 e. The lowest BCUT2D eigenvalue weighted by Crippen LogP contribution is -2.05. The standard InChI is InChI=1S/C12H11NO5S.C10H8O4S/c1-7(14)13-9-3-2-8-4-10(19(16,17)18)6-12(15)11(8)5-9;11-10-3-1-2-7-6-8(15(12,13)14)4-5-9(7)10/h2-6,15H,1H3,(H,13,14)(H,16,17,18);1-6,11H,(H,12,13,14). The number of carbonyl (C=O) groups is 1. The van der Waals surface area contributed by atoms with Gasteiger partial charge >= 0.3 is 0 Å². The van der Waals surface area contributed by atoms with Gasteiger partial charge < -0.3 is 15.5 Å². The predicted molar refractivity (Wildman–Crippen MR) is 125 cm³/mol. The molecule has 34 heavy (non-hydrogen) atoms. The Hall–Kier alpha value is -3.71. The first kappa shape index (κ1) is 24.9. The van der Waals surface area contributed by atoms with Crippen molar-refractivity contribution in [2.45, 2.75) is 16.7 Å². The van der Waals surface area contributed by atoms with E-state index in [4.69, 9.17) is 9.11 Å². The molecular formula is C22H19NO9S2. The molecule has 4 rings (SSSR count). The smallest absolute Gasteiger partial charge is 0.294 e. The number of hydrogen-bond acceptors (Lipinski definition) is 7. The number of rotatable bonds is 3. The van der Waals surface area contributed by atoms with Gasteiger partial charge in [-0.2, -0.15) is 16.8 Å². The Morgan fingerprint density at radius 2 is 1.32 bits per heavy atom. The highest BCUT2D eigenvalue weighted by Crippen LogP contribution is 2.31. The van der Waals surface area contributed by atoms with Crippen molar-refractivity contribution in [2.75, 3.05) is 5.32 Å². The molecule has 5 N–H and O–H groups in total. The minimum absolute atomic E-state index is 0.0781. The van der Waals surface area contributed by atoms with E-state index in [0.29, 0.717) is 27.2 Å². The van der Waals surface area contributed by atoms with E-state index < -0.39 is 20.2 Å². The lowest BCUT2D eigenvalue weighted by atomic mass is 10.1. The van der Waals surface area contributed by atoms with Gasteiger partial charge in [0.05, 0.1) is 9.79 Å². The Labute approximate surface area is 194 Å². The summed E-state index contributed by atoms with van der Waals surface area (Å²) in [5.74, 6) is -0.472. The Kier molecular flexibility index (Phi) is 6.79. The number of fused-ring (bicyclic) bond motifs is 2. The van der Waals surface area contributed by atoms with Crippen LogP contribution in [0.5, 0.6) is 11.5 Å². The highest BCUT2D eigenvalue weighted by atomic mass is 32.2. The van der Waals surface area contributed by atoms with Crippen molar-refractivity contribution in [1.29, 1.82) is 0 Å². The summed E-state index contributed by atoms with van der Waals surface area (Å²) in [5.41, 5.74) is 0.481. The van der Waals surface area contributed by atoms with Crippen molar-refractivity contribution in [3.8, 4) is 11.5 Å². The number of carbonyl (C=O) groups excluding carboxylic acids is 1. The molecule has 12 heteroatoms. The summed E-state index contributed by atoms with van der Waals surface area (Å²) in [4.78, 5) is 10.4. The highest BCUT2D eigenvalue weighted by Gasteiger charge is 2.14. The zero-order valence-corrected chi connectivity index (χ0v) is 19.1. The normalized spacial score (nSPS) is 11.6. The Bertz CT molecular complexity index is 1630. The summed E-state index contributed by atoms with van der Waals surface area (Å²) < 4.78 is 61.5. The van der Waals surface area contributed by atoms with Crippen LogP contribution in [0.15, 0.2) is 76.5 Å². The van der Waals surface area contributed by atoms with Crippen LogP contribution >= 0.6 is 0 Å². The van der Waals surface area contributed by atoms with Crippen molar-refractivity contribution >= 4 is 53.4 Å². The van der Waals surface area contributed by atoms with E-state index in [2.05, 4.69) is 5.32 Å². The molecule has 0 saturated carbocycles. The molecule has 178 valence electrons. The van der Waals surface area contributed by atoms with Gasteiger partial charge in [0, 0.05) is 29.4 Å². The molecule has 0 saturated heterocycles. The van der Waals surface area contributed by atoms with Crippen LogP contribution in [-0.2, 0) is 25.0 Å². The summed E-state index contributed by atoms with van der Waals surface area (Å²) in [6, 6.07) is 15.6. The van der Waals surface area contributed by atoms with Crippen LogP contribution in [0.25, 0.3) is 21.5 Å². The van der Waals surface area contributed by atoms with Gasteiger partial charge in [0.15, 0.2) is 0 Å². The SMILES string of the molecule is CC(=O)Nc1ccc2cc(S(=O)(=O)O)cc(O)c2c1.O=S(=O)(O)c1ccc2c(O)cccc2c1. The van der Waals surface area contributed by atoms with Crippen LogP contribution < -0.4 is 5.32 Å². The molecule has 0 atom stereocenters. The molecule has 4 aromatic carbocycles. The van der Waals surface area contributed by atoms with E-state index in [0.717, 1.165) is 6.07 Å². The number of amides is 1. The minimum Gasteiger partial charge on any atom is -0.507 e. The maximum atomic E-state index is 11.0. The minimum atomic E-state index is -4.38. The number of phenolic OH excluding ortho intramolecular Hbond substituents is 2. The second-order valence-electron chi connectivity index (χ2n) is 7.17. The summed E-state index contributed by atoms with van der Waals surface area (Å²) in [6.07, 6.45) is 0. The Balaban J connectivity index is 0.000000196. The van der Waals surface area contributed by atoms with Crippen LogP contribution in [0.3, 0.4) is 0 Å². The predicted octanol–water partition coefficient (Wildman–Crippen LogP) is 3.54. The summed E-state index contributed by atoms with van der Waals surface area (Å²) in [7, 11) is -8.56. The first-order valence-electron chi connectivity index (χ1n) is 9.47. The van der Waals surface area contributed by atoms with Crippen molar-refractivity contribution < 1.29 is 40.9 Å². The molecule has 0 bridgehead atoms. The van der Waals surface area contributed by atoms with E-state index in [1.807, 2.05) is 0 Å². The number of benzene rings is 4. The molecule has 0 aromatic heterocycles. The van der Waals surface area contributed by atoms with Crippen molar-refractivity contribution in [2.24, 2.45) is 0 Å². The third-order valence-corrected chi connectivity index (χ3v) is 6.33. The molecule has 0 radical (unpaired) electrons. The number of nitrogens with one attached hydrogen (secondary N) is 1. The molecule has 0 aliphatic rings. The number of phenols is 2. The van der Waals surface area contributed by atoms with E-state index in [1.54, 1.807) is 18.2 Å². The first-order chi connectivity index (χ1) is 15.8. The molecule has 0 heterocycles. The quantitative estimate of drug-likeness (QED) is 0.260. The number of anilines is 1. The van der Waals surface area contributed by atoms with Crippen LogP contribution in [0, 0.1) is 0 Å². The number of hydrogen-bond donors (Lipinski definition) is 5. The van der Waals surface area contributed by atoms with Gasteiger partial charge in [-0.1, -0.05) is 18.2 Å². The monoisotopic (exact) mass is 505 g/mol. The van der Waals surface area contributed by atoms with Gasteiger partial charge in [-0.3, -0.25) is 13.9 Å². The van der Waals surface area contributed by atoms with Gasteiger partial charge in [-0.25, -0.2) is 0 Å². The highest BCUT2D eigenvalue weighted by molar-refractivity contribution is 7.86. The van der Waals surface area contributed by atoms with E-state index in [1.165, 1.54) is 49.4 Å². The zero-order valence-electron chi connectivity index (χ0n) is 17.5. The lowest BCUT2D eigenvalue weighted by Gasteiger charge is -2.07. The van der Waals surface area contributed by atoms with Crippen molar-refractivity contribution in [3.63, 3.8) is 0 Å². The molecule has 4 aromatic rings. The molecule has 0 fully saturated rings. The molecule has 1 amide bonds. The van der Waals surface area contributed by atoms with Crippen LogP contribution in [0.1, 0.15) is 6.92 Å². The second kappa shape index (κ2) is 9.27. The fourth-order valence-electron chi connectivity index (χ4n) is 3.15. The summed E-state index contributed by atoms with van der Waals surface area (Å²) in [6.45, 7) is 1.35. The molecule has 0 aliphatic heterocycles. The third-order valence-electron chi connectivity index (χ3n) is 4.65. The fourth-order valence-corrected chi connectivity index (χ4v) is 4.20. The number of aromatic hydroxyl groups is 2. The van der Waals surface area contributed by atoms with Gasteiger partial charge in [0.25, 0.3) is 20.2 Å². The van der Waals surface area contributed by atoms with Gasteiger partial charge in [-0.15, -0.1) is 0 Å². The summed E-state index contributed by atoms with van der Waals surface area (Å²) >= 11 is 0. The third kappa shape index (κ3) is 5.80. The fraction of sp³-hybridized carbons (Fsp3) is 0.0455. The topological polar surface area (TPSA) is 178 Å². The molecule has 10 nitrogen and oxygen atoms in total. The van der Waals surface area contributed by atoms with Gasteiger partial charge in [-0.05, 0) is 53.2 Å². The first-order valence-corrected chi connectivity index (χ1v) is 12.3. The van der Waals surface area contributed by atoms with Crippen LogP contribution in [0.4, 0.5) is 5.69 Å². The Morgan fingerprint density at radius 1 is 0.706 bits per heavy atom. The molecule has 0 aliphatic carbocycles. The van der Waals surface area contributed by atoms with E-state index >= 15 is 0 Å². The lowest BCUT2D eigenvalue weighted by molar-refractivity contribution is -0.114. The van der Waals surface area contributed by atoms with Crippen molar-refractivity contribution in [3.05, 3.63) is 66.7 Å². The van der Waals surface area contributed by atoms with Gasteiger partial charge in [0.1, 0.15) is 11.5 Å². The van der Waals surface area contributed by atoms with Crippen molar-refractivity contribution in [1.82, 2.24) is 0 Å².